The van der Waals surface area contributed by atoms with Crippen LogP contribution in [-0.4, -0.2) is 36.3 Å². The molecule has 0 radical (unpaired) electrons. The van der Waals surface area contributed by atoms with Crippen LogP contribution < -0.4 is 0 Å². The second-order valence-corrected chi connectivity index (χ2v) is 4.20. The molecule has 0 heterocycles. The van der Waals surface area contributed by atoms with Gasteiger partial charge in [0.2, 0.25) is 0 Å². The first-order chi connectivity index (χ1) is 6.43. The van der Waals surface area contributed by atoms with Gasteiger partial charge in [0.05, 0.1) is 0 Å². The van der Waals surface area contributed by atoms with Gasteiger partial charge in [-0.25, -0.2) is 0 Å². The van der Waals surface area contributed by atoms with Crippen molar-refractivity contribution in [3.05, 3.63) is 0 Å². The zero-order valence-corrected chi connectivity index (χ0v) is 12.5. The molecule has 0 rings (SSSR count). The van der Waals surface area contributed by atoms with Crippen LogP contribution in [0.4, 0.5) is 0 Å². The van der Waals surface area contributed by atoms with Gasteiger partial charge < -0.3 is 4.90 Å². The first kappa shape index (κ1) is 16.8. The van der Waals surface area contributed by atoms with Gasteiger partial charge in [0, 0.05) is 12.5 Å². The average Bonchev–Trinajstić information content (AvgIpc) is 2.05. The lowest BCUT2D eigenvalue weighted by Gasteiger charge is -2.19. The number of rotatable bonds is 5. The molecular weight excluding hydrogens is 289 g/mol. The summed E-state index contributed by atoms with van der Waals surface area (Å²) < 4.78 is 0. The van der Waals surface area contributed by atoms with Gasteiger partial charge in [-0.15, -0.1) is 0 Å². The number of halogens is 1. The molecule has 0 aromatic heterocycles. The number of Topliss-reactive ketones (excluding diaryl/α,β-unsaturated/α-hetero) is 1. The second-order valence-electron chi connectivity index (χ2n) is 4.20. The minimum Gasteiger partial charge on any atom is -0.309 e. The molecule has 0 aromatic rings. The molecule has 0 aliphatic rings. The lowest BCUT2D eigenvalue weighted by Crippen LogP contribution is -2.27. The molecule has 14 heavy (non-hydrogen) atoms. The Bertz CT molecular complexity index is 136. The van der Waals surface area contributed by atoms with Crippen molar-refractivity contribution in [1.29, 1.82) is 0 Å². The SMILES string of the molecule is CC(=O)C(CC(C)C)CN(C)C.CI. The highest BCUT2D eigenvalue weighted by molar-refractivity contribution is 14.1. The van der Waals surface area contributed by atoms with Crippen molar-refractivity contribution >= 4 is 28.4 Å². The highest BCUT2D eigenvalue weighted by Crippen LogP contribution is 2.13. The molecule has 1 atom stereocenters. The van der Waals surface area contributed by atoms with Crippen LogP contribution in [0.3, 0.4) is 0 Å². The Hall–Kier alpha value is 0.360. The molecule has 0 spiro atoms. The number of hydrogen-bond acceptors (Lipinski definition) is 2. The van der Waals surface area contributed by atoms with Crippen molar-refractivity contribution in [3.8, 4) is 0 Å². The van der Waals surface area contributed by atoms with E-state index < -0.39 is 0 Å². The number of carbonyl (C=O) groups excluding carboxylic acids is 1. The average molecular weight is 313 g/mol. The Balaban J connectivity index is 0. The number of nitrogens with zero attached hydrogens (tertiary/aromatic N) is 1. The van der Waals surface area contributed by atoms with Crippen LogP contribution in [0.1, 0.15) is 27.2 Å². The van der Waals surface area contributed by atoms with Crippen LogP contribution in [0.15, 0.2) is 0 Å². The fourth-order valence-electron chi connectivity index (χ4n) is 1.38. The van der Waals surface area contributed by atoms with E-state index in [1.54, 1.807) is 6.92 Å². The van der Waals surface area contributed by atoms with Gasteiger partial charge in [-0.05, 0) is 38.3 Å². The van der Waals surface area contributed by atoms with Crippen molar-refractivity contribution in [2.45, 2.75) is 27.2 Å². The molecule has 0 saturated carbocycles. The van der Waals surface area contributed by atoms with Crippen molar-refractivity contribution in [3.63, 3.8) is 0 Å². The lowest BCUT2D eigenvalue weighted by atomic mass is 9.93. The smallest absolute Gasteiger partial charge is 0.134 e. The number of carbonyl (C=O) groups is 1. The molecule has 0 amide bonds. The molecule has 2 nitrogen and oxygen atoms in total. The molecule has 3 heteroatoms. The second kappa shape index (κ2) is 9.90. The highest BCUT2D eigenvalue weighted by Gasteiger charge is 2.16. The number of alkyl halides is 1. The quantitative estimate of drug-likeness (QED) is 0.575. The minimum atomic E-state index is 0.222. The van der Waals surface area contributed by atoms with Crippen LogP contribution >= 0.6 is 22.6 Å². The van der Waals surface area contributed by atoms with Crippen LogP contribution in [0.5, 0.6) is 0 Å². The van der Waals surface area contributed by atoms with E-state index in [-0.39, 0.29) is 5.92 Å². The Kier molecular flexibility index (Phi) is 11.9. The third-order valence-corrected chi connectivity index (χ3v) is 1.92. The van der Waals surface area contributed by atoms with Crippen molar-refractivity contribution in [2.75, 3.05) is 25.6 Å². The first-order valence-corrected chi connectivity index (χ1v) is 7.12. The van der Waals surface area contributed by atoms with E-state index >= 15 is 0 Å². The Morgan fingerprint density at radius 3 is 1.93 bits per heavy atom. The van der Waals surface area contributed by atoms with E-state index in [4.69, 9.17) is 0 Å². The summed E-state index contributed by atoms with van der Waals surface area (Å²) in [5.74, 6) is 1.15. The Morgan fingerprint density at radius 2 is 1.71 bits per heavy atom. The summed E-state index contributed by atoms with van der Waals surface area (Å²) >= 11 is 2.15. The van der Waals surface area contributed by atoms with E-state index in [0.717, 1.165) is 13.0 Å². The van der Waals surface area contributed by atoms with E-state index in [2.05, 4.69) is 41.3 Å². The maximum Gasteiger partial charge on any atom is 0.134 e. The maximum atomic E-state index is 11.2. The third kappa shape index (κ3) is 10.4. The van der Waals surface area contributed by atoms with Crippen LogP contribution in [0, 0.1) is 11.8 Å². The van der Waals surface area contributed by atoms with Gasteiger partial charge in [0.1, 0.15) is 5.78 Å². The van der Waals surface area contributed by atoms with E-state index in [9.17, 15) is 4.79 Å². The third-order valence-electron chi connectivity index (χ3n) is 1.92. The summed E-state index contributed by atoms with van der Waals surface area (Å²) in [5, 5.41) is 0. The van der Waals surface area contributed by atoms with Crippen molar-refractivity contribution in [2.24, 2.45) is 11.8 Å². The monoisotopic (exact) mass is 313 g/mol. The van der Waals surface area contributed by atoms with E-state index in [1.165, 1.54) is 0 Å². The first-order valence-electron chi connectivity index (χ1n) is 4.96. The molecular formula is C11H24INO. The zero-order chi connectivity index (χ0) is 11.7. The van der Waals surface area contributed by atoms with Crippen molar-refractivity contribution in [1.82, 2.24) is 4.90 Å². The fraction of sp³-hybridized carbons (Fsp3) is 0.909. The normalized spacial score (nSPS) is 12.4. The molecule has 0 aliphatic heterocycles. The summed E-state index contributed by atoms with van der Waals surface area (Å²) in [6.45, 7) is 6.89. The molecule has 0 N–H and O–H groups in total. The molecule has 0 saturated heterocycles. The summed E-state index contributed by atoms with van der Waals surface area (Å²) in [4.78, 5) is 15.2. The van der Waals surface area contributed by atoms with Gasteiger partial charge in [-0.2, -0.15) is 0 Å². The summed E-state index contributed by atoms with van der Waals surface area (Å²) in [6, 6.07) is 0. The van der Waals surface area contributed by atoms with E-state index in [1.807, 2.05) is 19.0 Å². The Morgan fingerprint density at radius 1 is 1.29 bits per heavy atom. The zero-order valence-electron chi connectivity index (χ0n) is 10.3. The highest BCUT2D eigenvalue weighted by atomic mass is 127. The minimum absolute atomic E-state index is 0.222. The lowest BCUT2D eigenvalue weighted by molar-refractivity contribution is -0.121. The van der Waals surface area contributed by atoms with Gasteiger partial charge in [0.15, 0.2) is 0 Å². The molecule has 0 aromatic carbocycles. The molecule has 86 valence electrons. The standard InChI is InChI=1S/C10H21NO.CH3I/c1-8(2)6-10(9(3)12)7-11(4)5;1-2/h8,10H,6-7H2,1-5H3;1H3. The van der Waals surface area contributed by atoms with Crippen LogP contribution in [0.2, 0.25) is 0 Å². The molecule has 0 bridgehead atoms. The summed E-state index contributed by atoms with van der Waals surface area (Å²) in [6.07, 6.45) is 1.01. The van der Waals surface area contributed by atoms with Gasteiger partial charge in [-0.3, -0.25) is 4.79 Å². The number of hydrogen-bond donors (Lipinski definition) is 0. The molecule has 0 fully saturated rings. The van der Waals surface area contributed by atoms with Crippen LogP contribution in [0.25, 0.3) is 0 Å². The van der Waals surface area contributed by atoms with Gasteiger partial charge in [-0.1, -0.05) is 36.4 Å². The summed E-state index contributed by atoms with van der Waals surface area (Å²) in [5.41, 5.74) is 0. The fourth-order valence-corrected chi connectivity index (χ4v) is 1.38. The van der Waals surface area contributed by atoms with Crippen molar-refractivity contribution < 1.29 is 4.79 Å². The molecule has 1 unspecified atom stereocenters. The number of ketones is 1. The van der Waals surface area contributed by atoms with Gasteiger partial charge >= 0.3 is 0 Å². The predicted octanol–water partition coefficient (Wildman–Crippen LogP) is 2.85. The molecule has 0 aliphatic carbocycles. The topological polar surface area (TPSA) is 20.3 Å². The van der Waals surface area contributed by atoms with E-state index in [0.29, 0.717) is 11.7 Å². The summed E-state index contributed by atoms with van der Waals surface area (Å²) in [7, 11) is 4.02. The van der Waals surface area contributed by atoms with Crippen LogP contribution in [-0.2, 0) is 4.79 Å². The predicted molar refractivity (Wildman–Crippen MR) is 72.1 cm³/mol. The maximum absolute atomic E-state index is 11.2. The van der Waals surface area contributed by atoms with Gasteiger partial charge in [0.25, 0.3) is 0 Å². The largest absolute Gasteiger partial charge is 0.309 e. The Labute approximate surface area is 103 Å².